The van der Waals surface area contributed by atoms with Crippen LogP contribution < -0.4 is 0 Å². The van der Waals surface area contributed by atoms with Crippen molar-refractivity contribution in [3.63, 3.8) is 0 Å². The number of aliphatic hydroxyl groups excluding tert-OH is 5. The minimum absolute atomic E-state index is 0.0832. The molecule has 1 unspecified atom stereocenters. The summed E-state index contributed by atoms with van der Waals surface area (Å²) in [4.78, 5) is 0. The van der Waals surface area contributed by atoms with Gasteiger partial charge in [0.15, 0.2) is 5.25 Å². The van der Waals surface area contributed by atoms with Crippen molar-refractivity contribution in [2.75, 3.05) is 24.7 Å². The van der Waals surface area contributed by atoms with Crippen LogP contribution in [0.4, 0.5) is 0 Å². The van der Waals surface area contributed by atoms with Crippen molar-refractivity contribution in [1.82, 2.24) is 0 Å². The maximum Gasteiger partial charge on any atom is 0.397 e. The molecule has 1 heterocycles. The van der Waals surface area contributed by atoms with Crippen molar-refractivity contribution in [3.8, 4) is 0 Å². The van der Waals surface area contributed by atoms with Gasteiger partial charge in [-0.05, 0) is 0 Å². The van der Waals surface area contributed by atoms with E-state index in [1.807, 2.05) is 0 Å². The summed E-state index contributed by atoms with van der Waals surface area (Å²) in [5, 5.41) is 46.4. The molecule has 1 aliphatic rings. The maximum absolute atomic E-state index is 10.6. The minimum atomic E-state index is -4.82. The van der Waals surface area contributed by atoms with Gasteiger partial charge in [0.25, 0.3) is 0 Å². The predicted molar refractivity (Wildman–Crippen MR) is 69.5 cm³/mol. The molecular formula is C9H19O9S2+. The summed E-state index contributed by atoms with van der Waals surface area (Å²) < 4.78 is 33.8. The standard InChI is InChI=1S/C9H18O9S2/c10-1-7(18-20(15,16)17)5(12)3-19-4-6(13)9(14)8(19)2-11/h5-14H,1-4H2/p+1/t5-,6-,7-,8-,9+,19?/m1/s1. The van der Waals surface area contributed by atoms with Gasteiger partial charge < -0.3 is 25.5 Å². The Hall–Kier alpha value is 0.0200. The Labute approximate surface area is 119 Å². The first-order valence-electron chi connectivity index (χ1n) is 5.77. The quantitative estimate of drug-likeness (QED) is 0.202. The second kappa shape index (κ2) is 7.33. The monoisotopic (exact) mass is 335 g/mol. The van der Waals surface area contributed by atoms with Gasteiger partial charge in [0.1, 0.15) is 35.9 Å². The third-order valence-corrected chi connectivity index (χ3v) is 6.32. The average Bonchev–Trinajstić information content (AvgIpc) is 2.60. The van der Waals surface area contributed by atoms with Gasteiger partial charge in [0.05, 0.1) is 13.2 Å². The molecule has 1 saturated heterocycles. The fourth-order valence-corrected chi connectivity index (χ4v) is 5.20. The highest BCUT2D eigenvalue weighted by atomic mass is 32.3. The van der Waals surface area contributed by atoms with Crippen LogP contribution in [-0.4, -0.2) is 92.9 Å². The molecule has 1 fully saturated rings. The van der Waals surface area contributed by atoms with Crippen molar-refractivity contribution in [3.05, 3.63) is 0 Å². The second-order valence-electron chi connectivity index (χ2n) is 4.46. The van der Waals surface area contributed by atoms with Crippen molar-refractivity contribution in [2.24, 2.45) is 0 Å². The Morgan fingerprint density at radius 1 is 1.30 bits per heavy atom. The van der Waals surface area contributed by atoms with Gasteiger partial charge in [0, 0.05) is 10.9 Å². The van der Waals surface area contributed by atoms with Crippen LogP contribution in [0.15, 0.2) is 0 Å². The molecule has 0 aromatic carbocycles. The molecule has 9 nitrogen and oxygen atoms in total. The van der Waals surface area contributed by atoms with E-state index in [2.05, 4.69) is 4.18 Å². The maximum atomic E-state index is 10.6. The molecule has 0 aromatic heterocycles. The van der Waals surface area contributed by atoms with Crippen LogP contribution in [0.25, 0.3) is 0 Å². The summed E-state index contributed by atoms with van der Waals surface area (Å²) in [5.74, 6) is 0.0631. The first kappa shape index (κ1) is 18.1. The zero-order chi connectivity index (χ0) is 15.5. The van der Waals surface area contributed by atoms with Crippen molar-refractivity contribution < 1.29 is 42.7 Å². The van der Waals surface area contributed by atoms with Crippen molar-refractivity contribution in [1.29, 1.82) is 0 Å². The first-order valence-corrected chi connectivity index (χ1v) is 8.76. The molecule has 0 aliphatic carbocycles. The molecule has 0 bridgehead atoms. The summed E-state index contributed by atoms with van der Waals surface area (Å²) in [6.45, 7) is -1.23. The topological polar surface area (TPSA) is 165 Å². The highest BCUT2D eigenvalue weighted by Gasteiger charge is 2.50. The molecule has 120 valence electrons. The largest absolute Gasteiger partial charge is 0.397 e. The van der Waals surface area contributed by atoms with Crippen LogP contribution in [0.1, 0.15) is 0 Å². The normalized spacial score (nSPS) is 34.1. The molecule has 1 aliphatic heterocycles. The Morgan fingerprint density at radius 2 is 1.90 bits per heavy atom. The molecule has 0 radical (unpaired) electrons. The molecule has 11 heteroatoms. The third kappa shape index (κ3) is 4.79. The van der Waals surface area contributed by atoms with Gasteiger partial charge in [0.2, 0.25) is 0 Å². The lowest BCUT2D eigenvalue weighted by molar-refractivity contribution is 0.0112. The number of hydrogen-bond donors (Lipinski definition) is 6. The van der Waals surface area contributed by atoms with E-state index in [9.17, 15) is 23.7 Å². The highest BCUT2D eigenvalue weighted by molar-refractivity contribution is 7.97. The van der Waals surface area contributed by atoms with Crippen LogP contribution in [0.2, 0.25) is 0 Å². The Kier molecular flexibility index (Phi) is 6.63. The zero-order valence-electron chi connectivity index (χ0n) is 10.4. The minimum Gasteiger partial charge on any atom is -0.394 e. The van der Waals surface area contributed by atoms with Crippen LogP contribution >= 0.6 is 0 Å². The summed E-state index contributed by atoms with van der Waals surface area (Å²) in [5.41, 5.74) is 0. The van der Waals surface area contributed by atoms with Gasteiger partial charge in [-0.25, -0.2) is 4.18 Å². The molecule has 0 saturated carbocycles. The highest BCUT2D eigenvalue weighted by Crippen LogP contribution is 2.25. The van der Waals surface area contributed by atoms with Gasteiger partial charge in [-0.3, -0.25) is 4.55 Å². The van der Waals surface area contributed by atoms with Gasteiger partial charge >= 0.3 is 10.4 Å². The van der Waals surface area contributed by atoms with E-state index in [-0.39, 0.29) is 11.5 Å². The van der Waals surface area contributed by atoms with Crippen LogP contribution in [0.3, 0.4) is 0 Å². The molecule has 0 spiro atoms. The van der Waals surface area contributed by atoms with Crippen LogP contribution in [0.5, 0.6) is 0 Å². The second-order valence-corrected chi connectivity index (χ2v) is 7.86. The number of aliphatic hydroxyl groups is 5. The number of rotatable bonds is 7. The van der Waals surface area contributed by atoms with Crippen molar-refractivity contribution >= 4 is 21.3 Å². The molecule has 0 aromatic rings. The molecule has 0 amide bonds. The Balaban J connectivity index is 2.66. The average molecular weight is 335 g/mol. The molecular weight excluding hydrogens is 316 g/mol. The zero-order valence-corrected chi connectivity index (χ0v) is 12.1. The van der Waals surface area contributed by atoms with Crippen LogP contribution in [-0.2, 0) is 25.5 Å². The van der Waals surface area contributed by atoms with E-state index >= 15 is 0 Å². The van der Waals surface area contributed by atoms with Gasteiger partial charge in [-0.2, -0.15) is 8.42 Å². The Morgan fingerprint density at radius 3 is 2.35 bits per heavy atom. The molecule has 6 N–H and O–H groups in total. The lowest BCUT2D eigenvalue weighted by atomic mass is 10.2. The molecule has 6 atom stereocenters. The van der Waals surface area contributed by atoms with Crippen molar-refractivity contribution in [2.45, 2.75) is 29.7 Å². The van der Waals surface area contributed by atoms with Crippen LogP contribution in [0, 0.1) is 0 Å². The summed E-state index contributed by atoms with van der Waals surface area (Å²) in [7, 11) is -5.59. The smallest absolute Gasteiger partial charge is 0.394 e. The number of hydrogen-bond acceptors (Lipinski definition) is 8. The van der Waals surface area contributed by atoms with E-state index in [1.165, 1.54) is 0 Å². The van der Waals surface area contributed by atoms with E-state index < -0.39 is 64.2 Å². The van der Waals surface area contributed by atoms with Gasteiger partial charge in [-0.1, -0.05) is 0 Å². The lowest BCUT2D eigenvalue weighted by Crippen LogP contribution is -2.42. The molecule has 1 rings (SSSR count). The van der Waals surface area contributed by atoms with E-state index in [0.717, 1.165) is 0 Å². The summed E-state index contributed by atoms with van der Waals surface area (Å²) in [6.07, 6.45) is -5.13. The fraction of sp³-hybridized carbons (Fsp3) is 1.00. The SMILES string of the molecule is O=S(=O)(O)O[C@H](CO)[C@H](O)C[S+]1C[C@@H](O)[C@H](O)[C@H]1CO. The van der Waals surface area contributed by atoms with E-state index in [1.54, 1.807) is 0 Å². The summed E-state index contributed by atoms with van der Waals surface area (Å²) >= 11 is 0. The van der Waals surface area contributed by atoms with Gasteiger partial charge in [-0.15, -0.1) is 0 Å². The van der Waals surface area contributed by atoms with E-state index in [4.69, 9.17) is 14.8 Å². The first-order chi connectivity index (χ1) is 9.19. The van der Waals surface area contributed by atoms with E-state index in [0.29, 0.717) is 0 Å². The third-order valence-electron chi connectivity index (χ3n) is 3.01. The fourth-order valence-electron chi connectivity index (χ4n) is 1.99. The molecule has 20 heavy (non-hydrogen) atoms. The lowest BCUT2D eigenvalue weighted by Gasteiger charge is -2.20. The summed E-state index contributed by atoms with van der Waals surface area (Å²) in [6, 6.07) is 0. The Bertz CT molecular complexity index is 400. The predicted octanol–water partition coefficient (Wildman–Crippen LogP) is -3.76.